The third kappa shape index (κ3) is 3.12. The molecule has 5 aliphatic rings. The van der Waals surface area contributed by atoms with Crippen LogP contribution in [0.5, 0.6) is 0 Å². The first-order chi connectivity index (χ1) is 13.4. The standard InChI is InChI=1S/C23H29NO3S/c1-14(25)24-20(26)10-19(18-5-3-2-4-6-18)21(27)22(24)28-23-11-15-7-16(12-23)9-17(8-15)13-23/h2-6,10,15-17,20-22,26-27H,7-9,11-13H2,1H3/t15?,16?,17?,20-,21-,22+,23?/m1/s1. The van der Waals surface area contributed by atoms with Crippen molar-refractivity contribution in [2.24, 2.45) is 17.8 Å². The van der Waals surface area contributed by atoms with E-state index in [1.165, 1.54) is 50.3 Å². The van der Waals surface area contributed by atoms with Gasteiger partial charge in [-0.1, -0.05) is 30.3 Å². The van der Waals surface area contributed by atoms with Crippen molar-refractivity contribution in [2.45, 2.75) is 67.9 Å². The van der Waals surface area contributed by atoms with E-state index in [0.717, 1.165) is 28.9 Å². The number of benzene rings is 1. The van der Waals surface area contributed by atoms with Gasteiger partial charge in [-0.05, 0) is 73.5 Å². The molecular formula is C23H29NO3S. The number of hydrogen-bond donors (Lipinski definition) is 2. The zero-order valence-electron chi connectivity index (χ0n) is 16.3. The second kappa shape index (κ2) is 6.89. The van der Waals surface area contributed by atoms with E-state index < -0.39 is 17.7 Å². The number of hydrogen-bond acceptors (Lipinski definition) is 4. The van der Waals surface area contributed by atoms with Crippen LogP contribution in [0.2, 0.25) is 0 Å². The lowest BCUT2D eigenvalue weighted by Crippen LogP contribution is -2.56. The van der Waals surface area contributed by atoms with E-state index in [2.05, 4.69) is 0 Å². The van der Waals surface area contributed by atoms with E-state index >= 15 is 0 Å². The van der Waals surface area contributed by atoms with Crippen molar-refractivity contribution >= 4 is 23.2 Å². The van der Waals surface area contributed by atoms with Crippen LogP contribution in [-0.2, 0) is 4.79 Å². The average Bonchev–Trinajstić information content (AvgIpc) is 2.63. The summed E-state index contributed by atoms with van der Waals surface area (Å²) in [5.41, 5.74) is 1.64. The van der Waals surface area contributed by atoms with Crippen LogP contribution in [0.25, 0.3) is 5.57 Å². The zero-order chi connectivity index (χ0) is 19.5. The van der Waals surface area contributed by atoms with Gasteiger partial charge in [-0.15, -0.1) is 11.8 Å². The van der Waals surface area contributed by atoms with E-state index in [0.29, 0.717) is 0 Å². The van der Waals surface area contributed by atoms with Gasteiger partial charge in [-0.3, -0.25) is 9.69 Å². The Balaban J connectivity index is 1.48. The Hall–Kier alpha value is -1.30. The summed E-state index contributed by atoms with van der Waals surface area (Å²) < 4.78 is 0.146. The van der Waals surface area contributed by atoms with E-state index in [1.54, 1.807) is 17.8 Å². The van der Waals surface area contributed by atoms with Crippen LogP contribution in [0.15, 0.2) is 36.4 Å². The maximum atomic E-state index is 12.4. The Labute approximate surface area is 171 Å². The summed E-state index contributed by atoms with van der Waals surface area (Å²) in [6.07, 6.45) is 7.51. The summed E-state index contributed by atoms with van der Waals surface area (Å²) in [6, 6.07) is 9.73. The minimum absolute atomic E-state index is 0.146. The number of aliphatic hydroxyl groups is 2. The predicted octanol–water partition coefficient (Wildman–Crippen LogP) is 3.64. The van der Waals surface area contributed by atoms with Crippen molar-refractivity contribution in [2.75, 3.05) is 0 Å². The third-order valence-electron chi connectivity index (χ3n) is 7.30. The van der Waals surface area contributed by atoms with Gasteiger partial charge < -0.3 is 10.2 Å². The molecule has 4 nitrogen and oxygen atoms in total. The summed E-state index contributed by atoms with van der Waals surface area (Å²) in [5.74, 6) is 2.23. The Kier molecular flexibility index (Phi) is 4.61. The number of rotatable bonds is 3. The normalized spacial score (nSPS) is 41.8. The molecular weight excluding hydrogens is 370 g/mol. The third-order valence-corrected chi connectivity index (χ3v) is 9.03. The van der Waals surface area contributed by atoms with Crippen LogP contribution in [0.4, 0.5) is 0 Å². The molecule has 1 aromatic rings. The Morgan fingerprint density at radius 1 is 1.04 bits per heavy atom. The number of aliphatic hydroxyl groups excluding tert-OH is 2. The molecule has 1 amide bonds. The van der Waals surface area contributed by atoms with Gasteiger partial charge in [0.25, 0.3) is 0 Å². The quantitative estimate of drug-likeness (QED) is 0.815. The summed E-state index contributed by atoms with van der Waals surface area (Å²) in [6.45, 7) is 1.49. The second-order valence-electron chi connectivity index (χ2n) is 9.38. The molecule has 0 spiro atoms. The van der Waals surface area contributed by atoms with Gasteiger partial charge in [-0.2, -0.15) is 0 Å². The second-order valence-corrected chi connectivity index (χ2v) is 11.0. The Morgan fingerprint density at radius 2 is 1.61 bits per heavy atom. The highest BCUT2D eigenvalue weighted by Crippen LogP contribution is 2.62. The maximum absolute atomic E-state index is 12.4. The largest absolute Gasteiger partial charge is 0.385 e. The fourth-order valence-corrected chi connectivity index (χ4v) is 8.78. The van der Waals surface area contributed by atoms with E-state index in [9.17, 15) is 15.0 Å². The summed E-state index contributed by atoms with van der Waals surface area (Å²) in [5, 5.41) is 21.7. The minimum atomic E-state index is -0.998. The molecule has 4 aliphatic carbocycles. The molecule has 0 saturated heterocycles. The van der Waals surface area contributed by atoms with Gasteiger partial charge in [-0.25, -0.2) is 0 Å². The van der Waals surface area contributed by atoms with Crippen molar-refractivity contribution < 1.29 is 15.0 Å². The first kappa shape index (κ1) is 18.7. The number of nitrogens with zero attached hydrogens (tertiary/aromatic N) is 1. The molecule has 1 aromatic carbocycles. The van der Waals surface area contributed by atoms with E-state index in [4.69, 9.17) is 0 Å². The first-order valence-electron chi connectivity index (χ1n) is 10.5. The molecule has 5 heteroatoms. The highest BCUT2D eigenvalue weighted by atomic mass is 32.2. The first-order valence-corrected chi connectivity index (χ1v) is 11.4. The highest BCUT2D eigenvalue weighted by Gasteiger charge is 2.54. The zero-order valence-corrected chi connectivity index (χ0v) is 17.1. The molecule has 3 atom stereocenters. The minimum Gasteiger partial charge on any atom is -0.385 e. The van der Waals surface area contributed by atoms with Crippen molar-refractivity contribution in [1.29, 1.82) is 0 Å². The fourth-order valence-electron chi connectivity index (χ4n) is 6.61. The number of thioether (sulfide) groups is 1. The summed E-state index contributed by atoms with van der Waals surface area (Å²) in [7, 11) is 0. The van der Waals surface area contributed by atoms with Gasteiger partial charge in [0.05, 0.1) is 0 Å². The molecule has 0 aromatic heterocycles. The van der Waals surface area contributed by atoms with Gasteiger partial charge in [0.15, 0.2) is 0 Å². The van der Waals surface area contributed by atoms with E-state index in [-0.39, 0.29) is 10.7 Å². The lowest BCUT2D eigenvalue weighted by molar-refractivity contribution is -0.139. The summed E-state index contributed by atoms with van der Waals surface area (Å²) in [4.78, 5) is 13.9. The monoisotopic (exact) mass is 399 g/mol. The van der Waals surface area contributed by atoms with Crippen molar-refractivity contribution in [1.82, 2.24) is 4.90 Å². The van der Waals surface area contributed by atoms with E-state index in [1.807, 2.05) is 30.3 Å². The smallest absolute Gasteiger partial charge is 0.222 e. The molecule has 1 aliphatic heterocycles. The number of carbonyl (C=O) groups excluding carboxylic acids is 1. The Bertz CT molecular complexity index is 757. The molecule has 4 fully saturated rings. The topological polar surface area (TPSA) is 60.8 Å². The fraction of sp³-hybridized carbons (Fsp3) is 0.609. The highest BCUT2D eigenvalue weighted by molar-refractivity contribution is 8.01. The lowest BCUT2D eigenvalue weighted by atomic mass is 9.56. The van der Waals surface area contributed by atoms with Crippen molar-refractivity contribution in [3.8, 4) is 0 Å². The van der Waals surface area contributed by atoms with Crippen LogP contribution in [-0.4, -0.2) is 43.5 Å². The molecule has 4 saturated carbocycles. The van der Waals surface area contributed by atoms with Crippen molar-refractivity contribution in [3.63, 3.8) is 0 Å². The predicted molar refractivity (Wildman–Crippen MR) is 111 cm³/mol. The molecule has 6 rings (SSSR count). The Morgan fingerprint density at radius 3 is 2.14 bits per heavy atom. The molecule has 0 radical (unpaired) electrons. The van der Waals surface area contributed by atoms with Crippen LogP contribution in [0.3, 0.4) is 0 Å². The van der Waals surface area contributed by atoms with Gasteiger partial charge in [0.2, 0.25) is 5.91 Å². The molecule has 0 unspecified atom stereocenters. The molecule has 2 N–H and O–H groups in total. The molecule has 150 valence electrons. The SMILES string of the molecule is CC(=O)N1[C@H](O)C=C(c2ccccc2)[C@@H](O)[C@@H]1SC12CC3CC(CC(C3)C1)C2. The van der Waals surface area contributed by atoms with Gasteiger partial charge >= 0.3 is 0 Å². The number of carbonyl (C=O) groups is 1. The van der Waals surface area contributed by atoms with Crippen LogP contribution in [0, 0.1) is 17.8 Å². The number of amides is 1. The molecule has 1 heterocycles. The van der Waals surface area contributed by atoms with Crippen LogP contribution >= 0.6 is 11.8 Å². The lowest BCUT2D eigenvalue weighted by Gasteiger charge is -2.58. The maximum Gasteiger partial charge on any atom is 0.222 e. The van der Waals surface area contributed by atoms with Crippen molar-refractivity contribution in [3.05, 3.63) is 42.0 Å². The van der Waals surface area contributed by atoms with Crippen LogP contribution in [0.1, 0.15) is 51.0 Å². The van der Waals surface area contributed by atoms with Gasteiger partial charge in [0.1, 0.15) is 17.7 Å². The molecule has 4 bridgehead atoms. The molecule has 28 heavy (non-hydrogen) atoms. The van der Waals surface area contributed by atoms with Gasteiger partial charge in [0, 0.05) is 11.7 Å². The summed E-state index contributed by atoms with van der Waals surface area (Å²) >= 11 is 1.78. The van der Waals surface area contributed by atoms with Crippen LogP contribution < -0.4 is 0 Å². The average molecular weight is 400 g/mol.